The molecule has 3 rings (SSSR count). The van der Waals surface area contributed by atoms with Gasteiger partial charge in [-0.15, -0.1) is 0 Å². The molecular formula is C15H26O. The van der Waals surface area contributed by atoms with Crippen molar-refractivity contribution in [3.8, 4) is 0 Å². The van der Waals surface area contributed by atoms with Crippen molar-refractivity contribution in [2.45, 2.75) is 59.5 Å². The van der Waals surface area contributed by atoms with Crippen molar-refractivity contribution in [3.05, 3.63) is 0 Å². The van der Waals surface area contributed by atoms with Gasteiger partial charge in [0.15, 0.2) is 0 Å². The Morgan fingerprint density at radius 1 is 1.06 bits per heavy atom. The van der Waals surface area contributed by atoms with Crippen LogP contribution in [0.4, 0.5) is 0 Å². The molecule has 0 radical (unpaired) electrons. The van der Waals surface area contributed by atoms with E-state index in [9.17, 15) is 5.11 Å². The van der Waals surface area contributed by atoms with E-state index >= 15 is 0 Å². The largest absolute Gasteiger partial charge is 0.393 e. The first kappa shape index (κ1) is 11.1. The molecule has 6 atom stereocenters. The van der Waals surface area contributed by atoms with E-state index in [1.807, 2.05) is 0 Å². The average Bonchev–Trinajstić information content (AvgIpc) is 2.59. The SMILES string of the molecule is C[C@@H]1[C@@H](O)C[C@@]23C[C@@H]1C(C)(C)[C@@H]2CC[C@H]3C. The summed E-state index contributed by atoms with van der Waals surface area (Å²) in [6, 6.07) is 0. The maximum absolute atomic E-state index is 10.4. The molecule has 1 nitrogen and oxygen atoms in total. The number of aliphatic hydroxyl groups is 1. The van der Waals surface area contributed by atoms with Crippen LogP contribution >= 0.6 is 0 Å². The number of fused-ring (bicyclic) bond motifs is 1. The number of hydrogen-bond donors (Lipinski definition) is 1. The van der Waals surface area contributed by atoms with Crippen molar-refractivity contribution < 1.29 is 5.11 Å². The van der Waals surface area contributed by atoms with Gasteiger partial charge in [-0.05, 0) is 60.2 Å². The van der Waals surface area contributed by atoms with E-state index in [0.29, 0.717) is 16.7 Å². The summed E-state index contributed by atoms with van der Waals surface area (Å²) in [4.78, 5) is 0. The highest BCUT2D eigenvalue weighted by atomic mass is 16.3. The van der Waals surface area contributed by atoms with Crippen LogP contribution in [0.15, 0.2) is 0 Å². The highest BCUT2D eigenvalue weighted by Crippen LogP contribution is 2.72. The van der Waals surface area contributed by atoms with Crippen LogP contribution in [0.3, 0.4) is 0 Å². The maximum Gasteiger partial charge on any atom is 0.0574 e. The van der Waals surface area contributed by atoms with Gasteiger partial charge in [-0.3, -0.25) is 0 Å². The smallest absolute Gasteiger partial charge is 0.0574 e. The molecule has 1 N–H and O–H groups in total. The minimum Gasteiger partial charge on any atom is -0.393 e. The molecule has 0 aliphatic heterocycles. The molecule has 3 fully saturated rings. The number of rotatable bonds is 0. The van der Waals surface area contributed by atoms with Gasteiger partial charge >= 0.3 is 0 Å². The molecule has 3 saturated carbocycles. The standard InChI is InChI=1S/C15H26O/c1-9-5-6-13-14(3,4)11-7-15(9,13)8-12(16)10(11)2/h9-13,16H,5-8H2,1-4H3/t9-,10+,11+,12+,13+,15-/m1/s1. The molecule has 16 heavy (non-hydrogen) atoms. The van der Waals surface area contributed by atoms with Crippen LogP contribution in [0, 0.1) is 34.5 Å². The second-order valence-corrected chi connectivity index (χ2v) is 7.53. The Morgan fingerprint density at radius 2 is 1.75 bits per heavy atom. The van der Waals surface area contributed by atoms with E-state index < -0.39 is 0 Å². The van der Waals surface area contributed by atoms with E-state index in [4.69, 9.17) is 0 Å². The minimum atomic E-state index is -0.0384. The summed E-state index contributed by atoms with van der Waals surface area (Å²) in [5, 5.41) is 10.4. The summed E-state index contributed by atoms with van der Waals surface area (Å²) in [7, 11) is 0. The fourth-order valence-corrected chi connectivity index (χ4v) is 5.86. The molecule has 3 aliphatic rings. The van der Waals surface area contributed by atoms with Crippen molar-refractivity contribution >= 4 is 0 Å². The Labute approximate surface area is 99.6 Å². The Kier molecular flexibility index (Phi) is 2.11. The van der Waals surface area contributed by atoms with Gasteiger partial charge in [0.25, 0.3) is 0 Å². The molecular weight excluding hydrogens is 196 g/mol. The van der Waals surface area contributed by atoms with Crippen molar-refractivity contribution in [1.82, 2.24) is 0 Å². The highest BCUT2D eigenvalue weighted by molar-refractivity contribution is 5.15. The molecule has 0 aromatic rings. The van der Waals surface area contributed by atoms with Gasteiger partial charge in [0.1, 0.15) is 0 Å². The second-order valence-electron chi connectivity index (χ2n) is 7.53. The molecule has 0 unspecified atom stereocenters. The van der Waals surface area contributed by atoms with Gasteiger partial charge < -0.3 is 5.11 Å². The summed E-state index contributed by atoms with van der Waals surface area (Å²) in [6.07, 6.45) is 5.24. The monoisotopic (exact) mass is 222 g/mol. The summed E-state index contributed by atoms with van der Waals surface area (Å²) in [5.74, 6) is 2.98. The van der Waals surface area contributed by atoms with Crippen molar-refractivity contribution in [2.75, 3.05) is 0 Å². The first-order valence-corrected chi connectivity index (χ1v) is 7.07. The van der Waals surface area contributed by atoms with Crippen LogP contribution < -0.4 is 0 Å². The molecule has 92 valence electrons. The van der Waals surface area contributed by atoms with E-state index in [-0.39, 0.29) is 6.10 Å². The maximum atomic E-state index is 10.4. The molecule has 1 heteroatoms. The zero-order valence-corrected chi connectivity index (χ0v) is 11.2. The second kappa shape index (κ2) is 3.04. The van der Waals surface area contributed by atoms with Gasteiger partial charge in [0.05, 0.1) is 6.10 Å². The first-order valence-electron chi connectivity index (χ1n) is 7.07. The Bertz CT molecular complexity index is 309. The van der Waals surface area contributed by atoms with Gasteiger partial charge in [0.2, 0.25) is 0 Å². The van der Waals surface area contributed by atoms with E-state index in [1.165, 1.54) is 19.3 Å². The van der Waals surface area contributed by atoms with E-state index in [1.54, 1.807) is 0 Å². The predicted octanol–water partition coefficient (Wildman–Crippen LogP) is 3.47. The lowest BCUT2D eigenvalue weighted by atomic mass is 9.64. The average molecular weight is 222 g/mol. The zero-order chi connectivity index (χ0) is 11.7. The lowest BCUT2D eigenvalue weighted by Crippen LogP contribution is -2.39. The van der Waals surface area contributed by atoms with Crippen LogP contribution in [0.5, 0.6) is 0 Å². The summed E-state index contributed by atoms with van der Waals surface area (Å²) >= 11 is 0. The fraction of sp³-hybridized carbons (Fsp3) is 1.00. The van der Waals surface area contributed by atoms with Crippen LogP contribution in [0.25, 0.3) is 0 Å². The Balaban J connectivity index is 2.06. The first-order chi connectivity index (χ1) is 7.39. The normalized spacial score (nSPS) is 58.7. The van der Waals surface area contributed by atoms with E-state index in [0.717, 1.165) is 24.2 Å². The zero-order valence-electron chi connectivity index (χ0n) is 11.2. The molecule has 0 aromatic heterocycles. The van der Waals surface area contributed by atoms with Gasteiger partial charge in [0, 0.05) is 0 Å². The van der Waals surface area contributed by atoms with Crippen LogP contribution in [-0.2, 0) is 0 Å². The van der Waals surface area contributed by atoms with Crippen molar-refractivity contribution in [2.24, 2.45) is 34.5 Å². The van der Waals surface area contributed by atoms with Crippen molar-refractivity contribution in [1.29, 1.82) is 0 Å². The van der Waals surface area contributed by atoms with Crippen LogP contribution in [0.2, 0.25) is 0 Å². The fourth-order valence-electron chi connectivity index (χ4n) is 5.86. The summed E-state index contributed by atoms with van der Waals surface area (Å²) in [6.45, 7) is 9.64. The van der Waals surface area contributed by atoms with Crippen LogP contribution in [-0.4, -0.2) is 11.2 Å². The molecule has 0 amide bonds. The van der Waals surface area contributed by atoms with Gasteiger partial charge in [-0.25, -0.2) is 0 Å². The molecule has 1 spiro atoms. The third kappa shape index (κ3) is 1.06. The topological polar surface area (TPSA) is 20.2 Å². The summed E-state index contributed by atoms with van der Waals surface area (Å²) in [5.41, 5.74) is 0.960. The molecule has 0 heterocycles. The van der Waals surface area contributed by atoms with Crippen LogP contribution in [0.1, 0.15) is 53.4 Å². The quantitative estimate of drug-likeness (QED) is 0.665. The third-order valence-electron chi connectivity index (χ3n) is 6.85. The minimum absolute atomic E-state index is 0.0384. The van der Waals surface area contributed by atoms with Gasteiger partial charge in [-0.1, -0.05) is 27.7 Å². The number of aliphatic hydroxyl groups excluding tert-OH is 1. The molecule has 0 saturated heterocycles. The summed E-state index contributed by atoms with van der Waals surface area (Å²) < 4.78 is 0. The number of hydrogen-bond acceptors (Lipinski definition) is 1. The lowest BCUT2D eigenvalue weighted by Gasteiger charge is -2.42. The molecule has 3 aliphatic carbocycles. The highest BCUT2D eigenvalue weighted by Gasteiger charge is 2.66. The Morgan fingerprint density at radius 3 is 2.44 bits per heavy atom. The van der Waals surface area contributed by atoms with E-state index in [2.05, 4.69) is 27.7 Å². The molecule has 2 bridgehead atoms. The molecule has 0 aromatic carbocycles. The Hall–Kier alpha value is -0.0400. The van der Waals surface area contributed by atoms with Gasteiger partial charge in [-0.2, -0.15) is 0 Å². The third-order valence-corrected chi connectivity index (χ3v) is 6.85. The lowest BCUT2D eigenvalue weighted by molar-refractivity contribution is -0.0194. The predicted molar refractivity (Wildman–Crippen MR) is 66.0 cm³/mol. The van der Waals surface area contributed by atoms with Crippen molar-refractivity contribution in [3.63, 3.8) is 0 Å².